The fraction of sp³-hybridized carbons (Fsp3) is 0.235. The van der Waals surface area contributed by atoms with Crippen LogP contribution < -0.4 is 16.4 Å². The second-order valence-electron chi connectivity index (χ2n) is 5.43. The van der Waals surface area contributed by atoms with Crippen molar-refractivity contribution in [3.8, 4) is 0 Å². The summed E-state index contributed by atoms with van der Waals surface area (Å²) in [7, 11) is 0. The molecule has 0 spiro atoms. The highest BCUT2D eigenvalue weighted by atomic mass is 16.1. The Hall–Kier alpha value is -2.49. The van der Waals surface area contributed by atoms with Crippen LogP contribution in [0.2, 0.25) is 0 Å². The zero-order valence-electron chi connectivity index (χ0n) is 11.9. The summed E-state index contributed by atoms with van der Waals surface area (Å²) in [5.41, 5.74) is 15.8. The number of primary amides is 1. The molecular weight excluding hydrogens is 262 g/mol. The van der Waals surface area contributed by atoms with E-state index in [1.54, 1.807) is 12.1 Å². The highest BCUT2D eigenvalue weighted by molar-refractivity contribution is 5.99. The van der Waals surface area contributed by atoms with E-state index < -0.39 is 5.91 Å². The van der Waals surface area contributed by atoms with Crippen molar-refractivity contribution in [3.05, 3.63) is 59.2 Å². The summed E-state index contributed by atoms with van der Waals surface area (Å²) in [4.78, 5) is 13.7. The standard InChI is InChI=1S/C17H19N3O/c18-16-8-7-14(10-15(16)17(19)21)20-9-3-6-12-4-1-2-5-13(12)11-20/h1-2,4-5,7-8,10H,3,6,9,11,18H2,(H2,19,21). The number of benzene rings is 2. The maximum absolute atomic E-state index is 11.4. The predicted molar refractivity (Wildman–Crippen MR) is 85.2 cm³/mol. The van der Waals surface area contributed by atoms with Gasteiger partial charge in [0, 0.05) is 24.5 Å². The highest BCUT2D eigenvalue weighted by Gasteiger charge is 2.16. The second kappa shape index (κ2) is 5.48. The molecule has 1 aliphatic heterocycles. The van der Waals surface area contributed by atoms with Gasteiger partial charge in [0.15, 0.2) is 0 Å². The van der Waals surface area contributed by atoms with Crippen molar-refractivity contribution in [2.24, 2.45) is 5.73 Å². The molecule has 0 saturated carbocycles. The summed E-state index contributed by atoms with van der Waals surface area (Å²) >= 11 is 0. The number of nitrogens with two attached hydrogens (primary N) is 2. The van der Waals surface area contributed by atoms with E-state index in [0.29, 0.717) is 11.3 Å². The molecule has 21 heavy (non-hydrogen) atoms. The van der Waals surface area contributed by atoms with Crippen LogP contribution in [0, 0.1) is 0 Å². The van der Waals surface area contributed by atoms with Crippen molar-refractivity contribution >= 4 is 17.3 Å². The summed E-state index contributed by atoms with van der Waals surface area (Å²) in [5, 5.41) is 0. The summed E-state index contributed by atoms with van der Waals surface area (Å²) in [6, 6.07) is 14.0. The van der Waals surface area contributed by atoms with E-state index in [9.17, 15) is 4.79 Å². The maximum atomic E-state index is 11.4. The molecule has 4 heteroatoms. The average Bonchev–Trinajstić information content (AvgIpc) is 2.69. The molecule has 0 radical (unpaired) electrons. The molecule has 108 valence electrons. The first-order valence-electron chi connectivity index (χ1n) is 7.16. The maximum Gasteiger partial charge on any atom is 0.250 e. The van der Waals surface area contributed by atoms with Crippen molar-refractivity contribution in [2.75, 3.05) is 17.2 Å². The van der Waals surface area contributed by atoms with Crippen molar-refractivity contribution in [3.63, 3.8) is 0 Å². The van der Waals surface area contributed by atoms with E-state index in [1.807, 2.05) is 6.07 Å². The van der Waals surface area contributed by atoms with Crippen molar-refractivity contribution in [1.29, 1.82) is 0 Å². The molecule has 0 atom stereocenters. The smallest absolute Gasteiger partial charge is 0.250 e. The van der Waals surface area contributed by atoms with Gasteiger partial charge in [-0.25, -0.2) is 0 Å². The Morgan fingerprint density at radius 3 is 2.62 bits per heavy atom. The van der Waals surface area contributed by atoms with Gasteiger partial charge >= 0.3 is 0 Å². The molecule has 0 fully saturated rings. The number of hydrogen-bond acceptors (Lipinski definition) is 3. The monoisotopic (exact) mass is 281 g/mol. The third-order valence-corrected chi connectivity index (χ3v) is 4.02. The normalized spacial score (nSPS) is 14.4. The zero-order chi connectivity index (χ0) is 14.8. The summed E-state index contributed by atoms with van der Waals surface area (Å²) < 4.78 is 0. The van der Waals surface area contributed by atoms with Gasteiger partial charge in [0.25, 0.3) is 5.91 Å². The van der Waals surface area contributed by atoms with E-state index in [4.69, 9.17) is 11.5 Å². The van der Waals surface area contributed by atoms with Gasteiger partial charge in [0.1, 0.15) is 0 Å². The second-order valence-corrected chi connectivity index (χ2v) is 5.43. The minimum absolute atomic E-state index is 0.394. The van der Waals surface area contributed by atoms with Crippen LogP contribution in [0.1, 0.15) is 27.9 Å². The molecule has 0 unspecified atom stereocenters. The molecule has 1 aliphatic rings. The quantitative estimate of drug-likeness (QED) is 0.830. The minimum atomic E-state index is -0.482. The zero-order valence-corrected chi connectivity index (χ0v) is 11.9. The van der Waals surface area contributed by atoms with Gasteiger partial charge in [0.05, 0.1) is 5.56 Å². The lowest BCUT2D eigenvalue weighted by Crippen LogP contribution is -2.23. The third kappa shape index (κ3) is 2.70. The van der Waals surface area contributed by atoms with Crippen LogP contribution in [0.5, 0.6) is 0 Å². The van der Waals surface area contributed by atoms with Crippen LogP contribution in [0.25, 0.3) is 0 Å². The molecule has 0 bridgehead atoms. The van der Waals surface area contributed by atoms with Gasteiger partial charge in [-0.1, -0.05) is 24.3 Å². The van der Waals surface area contributed by atoms with Gasteiger partial charge in [-0.3, -0.25) is 4.79 Å². The van der Waals surface area contributed by atoms with Crippen LogP contribution >= 0.6 is 0 Å². The van der Waals surface area contributed by atoms with Crippen LogP contribution in [-0.4, -0.2) is 12.5 Å². The topological polar surface area (TPSA) is 72.4 Å². The number of nitrogen functional groups attached to an aromatic ring is 1. The Balaban J connectivity index is 1.94. The van der Waals surface area contributed by atoms with Gasteiger partial charge in [-0.05, 0) is 42.2 Å². The molecule has 2 aromatic carbocycles. The largest absolute Gasteiger partial charge is 0.398 e. The lowest BCUT2D eigenvalue weighted by atomic mass is 10.0. The Kier molecular flexibility index (Phi) is 3.52. The number of anilines is 2. The Morgan fingerprint density at radius 1 is 1.10 bits per heavy atom. The van der Waals surface area contributed by atoms with Crippen molar-refractivity contribution in [2.45, 2.75) is 19.4 Å². The lowest BCUT2D eigenvalue weighted by Gasteiger charge is -2.24. The number of fused-ring (bicyclic) bond motifs is 1. The SMILES string of the molecule is NC(=O)c1cc(N2CCCc3ccccc3C2)ccc1N. The molecule has 0 saturated heterocycles. The fourth-order valence-electron chi connectivity index (χ4n) is 2.88. The Labute approximate surface area is 124 Å². The van der Waals surface area contributed by atoms with Crippen LogP contribution in [-0.2, 0) is 13.0 Å². The first kappa shape index (κ1) is 13.5. The van der Waals surface area contributed by atoms with Gasteiger partial charge in [-0.15, -0.1) is 0 Å². The highest BCUT2D eigenvalue weighted by Crippen LogP contribution is 2.26. The van der Waals surface area contributed by atoms with Crippen LogP contribution in [0.4, 0.5) is 11.4 Å². The van der Waals surface area contributed by atoms with E-state index in [-0.39, 0.29) is 0 Å². The van der Waals surface area contributed by atoms with Gasteiger partial charge in [0.2, 0.25) is 0 Å². The lowest BCUT2D eigenvalue weighted by molar-refractivity contribution is 0.100. The van der Waals surface area contributed by atoms with Gasteiger partial charge in [-0.2, -0.15) is 0 Å². The average molecular weight is 281 g/mol. The molecule has 0 aliphatic carbocycles. The van der Waals surface area contributed by atoms with E-state index in [1.165, 1.54) is 11.1 Å². The van der Waals surface area contributed by atoms with Crippen molar-refractivity contribution < 1.29 is 4.79 Å². The van der Waals surface area contributed by atoms with Crippen molar-refractivity contribution in [1.82, 2.24) is 0 Å². The van der Waals surface area contributed by atoms with E-state index in [2.05, 4.69) is 29.2 Å². The fourth-order valence-corrected chi connectivity index (χ4v) is 2.88. The van der Waals surface area contributed by atoms with Crippen LogP contribution in [0.15, 0.2) is 42.5 Å². The number of amides is 1. The Bertz CT molecular complexity index is 681. The first-order valence-corrected chi connectivity index (χ1v) is 7.16. The van der Waals surface area contributed by atoms with Gasteiger partial charge < -0.3 is 16.4 Å². The number of nitrogens with zero attached hydrogens (tertiary/aromatic N) is 1. The molecule has 0 aromatic heterocycles. The first-order chi connectivity index (χ1) is 10.1. The van der Waals surface area contributed by atoms with E-state index >= 15 is 0 Å². The molecule has 4 N–H and O–H groups in total. The summed E-state index contributed by atoms with van der Waals surface area (Å²) in [5.74, 6) is -0.482. The number of aryl methyl sites for hydroxylation is 1. The number of rotatable bonds is 2. The molecular formula is C17H19N3O. The van der Waals surface area contributed by atoms with Crippen LogP contribution in [0.3, 0.4) is 0 Å². The minimum Gasteiger partial charge on any atom is -0.398 e. The van der Waals surface area contributed by atoms with E-state index in [0.717, 1.165) is 31.6 Å². The Morgan fingerprint density at radius 2 is 1.86 bits per heavy atom. The number of hydrogen-bond donors (Lipinski definition) is 2. The third-order valence-electron chi connectivity index (χ3n) is 4.02. The number of carbonyl (C=O) groups excluding carboxylic acids is 1. The summed E-state index contributed by atoms with van der Waals surface area (Å²) in [6.07, 6.45) is 2.18. The molecule has 1 amide bonds. The molecule has 2 aromatic rings. The number of carbonyl (C=O) groups is 1. The molecule has 4 nitrogen and oxygen atoms in total. The predicted octanol–water partition coefficient (Wildman–Crippen LogP) is 2.32. The molecule has 1 heterocycles. The summed E-state index contributed by atoms with van der Waals surface area (Å²) in [6.45, 7) is 1.80. The molecule has 3 rings (SSSR count).